The van der Waals surface area contributed by atoms with Crippen LogP contribution < -0.4 is 0 Å². The Hall–Kier alpha value is -3.70. The summed E-state index contributed by atoms with van der Waals surface area (Å²) in [5, 5.41) is 2.84. The summed E-state index contributed by atoms with van der Waals surface area (Å²) in [6.45, 7) is 9.74. The molecule has 4 nitrogen and oxygen atoms in total. The van der Waals surface area contributed by atoms with Crippen LogP contribution in [0.2, 0.25) is 0 Å². The Morgan fingerprint density at radius 3 is 2.45 bits per heavy atom. The van der Waals surface area contributed by atoms with Gasteiger partial charge in [0, 0.05) is 61.3 Å². The van der Waals surface area contributed by atoms with Gasteiger partial charge in [-0.2, -0.15) is 0 Å². The predicted molar refractivity (Wildman–Crippen MR) is 170 cm³/mol. The van der Waals surface area contributed by atoms with Gasteiger partial charge in [-0.05, 0) is 60.8 Å². The van der Waals surface area contributed by atoms with Crippen molar-refractivity contribution in [3.05, 3.63) is 113 Å². The molecule has 0 fully saturated rings. The van der Waals surface area contributed by atoms with Crippen LogP contribution >= 0.6 is 11.3 Å². The van der Waals surface area contributed by atoms with Gasteiger partial charge in [-0.15, -0.1) is 65.4 Å². The van der Waals surface area contributed by atoms with Crippen LogP contribution in [0.1, 0.15) is 39.6 Å². The largest absolute Gasteiger partial charge is 0.486 e. The predicted octanol–water partition coefficient (Wildman–Crippen LogP) is 9.81. The van der Waals surface area contributed by atoms with Gasteiger partial charge in [0.1, 0.15) is 0 Å². The van der Waals surface area contributed by atoms with E-state index in [0.717, 1.165) is 65.1 Å². The van der Waals surface area contributed by atoms with Crippen LogP contribution in [-0.2, 0) is 26.5 Å². The number of fused-ring (bicyclic) bond motifs is 4. The van der Waals surface area contributed by atoms with Gasteiger partial charge in [0.15, 0.2) is 0 Å². The third-order valence-corrected chi connectivity index (χ3v) is 7.66. The number of hydrogen-bond acceptors (Lipinski definition) is 5. The third kappa shape index (κ3) is 6.22. The SMILES string of the molecule is [2H]C([2H])(c1c(C)sc2cc(-c3[c-]ccc4c3oc3nc(C)ccc34)ncc12)C(C)(C)C.[Ir].[c-]1ccccc1-c1ccccn1. The number of hydrogen-bond donors (Lipinski definition) is 0. The number of aryl methyl sites for hydroxylation is 2. The fourth-order valence-electron chi connectivity index (χ4n) is 4.76. The van der Waals surface area contributed by atoms with Crippen molar-refractivity contribution in [3.63, 3.8) is 0 Å². The van der Waals surface area contributed by atoms with Gasteiger partial charge in [0.05, 0.1) is 5.58 Å². The van der Waals surface area contributed by atoms with E-state index < -0.39 is 11.8 Å². The third-order valence-electron chi connectivity index (χ3n) is 6.59. The molecular formula is C36H31IrN3OS-2. The number of thiophene rings is 1. The molecule has 2 aromatic carbocycles. The number of rotatable bonds is 3. The van der Waals surface area contributed by atoms with Crippen LogP contribution in [0.15, 0.2) is 89.6 Å². The minimum absolute atomic E-state index is 0. The Kier molecular flexibility index (Phi) is 7.93. The zero-order valence-corrected chi connectivity index (χ0v) is 27.3. The molecule has 6 heteroatoms. The smallest absolute Gasteiger partial charge is 0.216 e. The van der Waals surface area contributed by atoms with Crippen LogP contribution in [0.5, 0.6) is 0 Å². The van der Waals surface area contributed by atoms with Crippen molar-refractivity contribution in [2.75, 3.05) is 0 Å². The van der Waals surface area contributed by atoms with Crippen LogP contribution in [0, 0.1) is 31.4 Å². The number of benzene rings is 2. The summed E-state index contributed by atoms with van der Waals surface area (Å²) >= 11 is 1.61. The molecule has 0 bridgehead atoms. The topological polar surface area (TPSA) is 51.8 Å². The molecule has 5 aromatic heterocycles. The van der Waals surface area contributed by atoms with Crippen molar-refractivity contribution >= 4 is 43.5 Å². The van der Waals surface area contributed by atoms with E-state index in [1.54, 1.807) is 23.7 Å². The molecule has 0 amide bonds. The summed E-state index contributed by atoms with van der Waals surface area (Å²) in [6, 6.07) is 30.0. The Morgan fingerprint density at radius 1 is 0.881 bits per heavy atom. The first kappa shape index (κ1) is 27.2. The van der Waals surface area contributed by atoms with E-state index in [-0.39, 0.29) is 20.1 Å². The molecule has 7 rings (SSSR count). The van der Waals surface area contributed by atoms with E-state index in [9.17, 15) is 0 Å². The van der Waals surface area contributed by atoms with Crippen LogP contribution in [-0.4, -0.2) is 15.0 Å². The van der Waals surface area contributed by atoms with Crippen LogP contribution in [0.3, 0.4) is 0 Å². The molecule has 0 N–H and O–H groups in total. The second-order valence-electron chi connectivity index (χ2n) is 11.0. The Morgan fingerprint density at radius 2 is 1.71 bits per heavy atom. The normalized spacial score (nSPS) is 12.4. The molecule has 0 saturated heterocycles. The molecular weight excluding hydrogens is 715 g/mol. The monoisotopic (exact) mass is 748 g/mol. The molecule has 213 valence electrons. The average Bonchev–Trinajstić information content (AvgIpc) is 3.53. The fourth-order valence-corrected chi connectivity index (χ4v) is 5.79. The first-order valence-electron chi connectivity index (χ1n) is 14.5. The molecule has 7 aromatic rings. The minimum atomic E-state index is -1.47. The Bertz CT molecular complexity index is 2030. The standard InChI is InChI=1S/C25H23N2OS.C11H8N.Ir/c1-14-9-10-17-16-7-6-8-18(23(16)28-24(17)27-14)21-11-22-20(13-26-21)19(15(2)29-22)12-25(3,4)5;1-2-6-10(7-3-1)11-8-4-5-9-12-11;/h6-7,9-11,13H,12H2,1-5H3;1-6,8-9H;/q2*-1;/i12D2;;. The maximum absolute atomic E-state index is 8.78. The Labute approximate surface area is 267 Å². The maximum Gasteiger partial charge on any atom is 0.216 e. The second-order valence-corrected chi connectivity index (χ2v) is 12.2. The summed E-state index contributed by atoms with van der Waals surface area (Å²) < 4.78 is 24.7. The molecule has 0 aliphatic rings. The van der Waals surface area contributed by atoms with E-state index in [1.807, 2.05) is 107 Å². The zero-order chi connectivity index (χ0) is 30.4. The first-order valence-corrected chi connectivity index (χ1v) is 14.3. The summed E-state index contributed by atoms with van der Waals surface area (Å²) in [6.07, 6.45) is 2.12. The summed E-state index contributed by atoms with van der Waals surface area (Å²) in [5.74, 6) is 0. The van der Waals surface area contributed by atoms with Crippen molar-refractivity contribution in [1.29, 1.82) is 0 Å². The molecule has 0 saturated carbocycles. The van der Waals surface area contributed by atoms with E-state index in [1.165, 1.54) is 0 Å². The summed E-state index contributed by atoms with van der Waals surface area (Å²) in [5.41, 5.74) is 6.03. The number of pyridine rings is 3. The van der Waals surface area contributed by atoms with Gasteiger partial charge < -0.3 is 14.4 Å². The summed E-state index contributed by atoms with van der Waals surface area (Å²) in [7, 11) is 0. The first-order chi connectivity index (χ1) is 20.5. The van der Waals surface area contributed by atoms with Gasteiger partial charge in [0.2, 0.25) is 5.71 Å². The second kappa shape index (κ2) is 12.3. The van der Waals surface area contributed by atoms with Crippen molar-refractivity contribution in [2.24, 2.45) is 5.41 Å². The molecule has 1 radical (unpaired) electrons. The van der Waals surface area contributed by atoms with E-state index in [0.29, 0.717) is 5.71 Å². The zero-order valence-electron chi connectivity index (χ0n) is 26.1. The van der Waals surface area contributed by atoms with Gasteiger partial charge >= 0.3 is 0 Å². The Balaban J connectivity index is 0.000000248. The number of aromatic nitrogens is 3. The van der Waals surface area contributed by atoms with Gasteiger partial charge in [-0.25, -0.2) is 4.98 Å². The van der Waals surface area contributed by atoms with Crippen molar-refractivity contribution in [2.45, 2.75) is 41.0 Å². The van der Waals surface area contributed by atoms with Gasteiger partial charge in [-0.1, -0.05) is 49.9 Å². The maximum atomic E-state index is 8.78. The van der Waals surface area contributed by atoms with E-state index in [2.05, 4.69) is 22.1 Å². The molecule has 0 atom stereocenters. The molecule has 42 heavy (non-hydrogen) atoms. The molecule has 0 aliphatic carbocycles. The van der Waals surface area contributed by atoms with Gasteiger partial charge in [-0.3, -0.25) is 0 Å². The average molecular weight is 748 g/mol. The van der Waals surface area contributed by atoms with Gasteiger partial charge in [0.25, 0.3) is 0 Å². The van der Waals surface area contributed by atoms with Crippen LogP contribution in [0.4, 0.5) is 0 Å². The van der Waals surface area contributed by atoms with E-state index in [4.69, 9.17) is 12.1 Å². The van der Waals surface area contributed by atoms with Crippen molar-refractivity contribution < 1.29 is 27.3 Å². The quantitative estimate of drug-likeness (QED) is 0.169. The molecule has 5 heterocycles. The number of nitrogens with zero attached hydrogens (tertiary/aromatic N) is 3. The molecule has 0 aliphatic heterocycles. The number of furan rings is 1. The van der Waals surface area contributed by atoms with Crippen molar-refractivity contribution in [3.8, 4) is 22.5 Å². The van der Waals surface area contributed by atoms with Crippen LogP contribution in [0.25, 0.3) is 54.7 Å². The molecule has 0 spiro atoms. The van der Waals surface area contributed by atoms with Crippen molar-refractivity contribution in [1.82, 2.24) is 15.0 Å². The minimum Gasteiger partial charge on any atom is -0.486 e. The fraction of sp³-hybridized carbons (Fsp3) is 0.194. The summed E-state index contributed by atoms with van der Waals surface area (Å²) in [4.78, 5) is 14.4. The molecule has 0 unspecified atom stereocenters. The van der Waals surface area contributed by atoms with E-state index >= 15 is 0 Å².